The van der Waals surface area contributed by atoms with Crippen LogP contribution in [0.2, 0.25) is 0 Å². The number of hydrogen-bond acceptors (Lipinski definition) is 4. The maximum absolute atomic E-state index is 12.9. The molecule has 0 saturated heterocycles. The smallest absolute Gasteiger partial charge is 0.261 e. The highest BCUT2D eigenvalue weighted by atomic mass is 32.2. The van der Waals surface area contributed by atoms with Crippen LogP contribution in [0.25, 0.3) is 0 Å². The van der Waals surface area contributed by atoms with Crippen LogP contribution in [0, 0.1) is 0 Å². The number of anilines is 1. The van der Waals surface area contributed by atoms with Crippen LogP contribution in [-0.4, -0.2) is 14.3 Å². The van der Waals surface area contributed by atoms with Gasteiger partial charge in [-0.15, -0.1) is 0 Å². The summed E-state index contributed by atoms with van der Waals surface area (Å²) in [6.07, 6.45) is 4.46. The van der Waals surface area contributed by atoms with Gasteiger partial charge in [-0.05, 0) is 66.8 Å². The molecule has 1 aromatic heterocycles. The second-order valence-electron chi connectivity index (χ2n) is 6.70. The van der Waals surface area contributed by atoms with Crippen molar-refractivity contribution in [3.63, 3.8) is 0 Å². The third kappa shape index (κ3) is 3.80. The van der Waals surface area contributed by atoms with E-state index in [4.69, 9.17) is 4.42 Å². The lowest BCUT2D eigenvalue weighted by Crippen LogP contribution is -2.24. The number of aryl methyl sites for hydroxylation is 2. The number of benzene rings is 2. The van der Waals surface area contributed by atoms with E-state index in [-0.39, 0.29) is 28.6 Å². The molecule has 144 valence electrons. The minimum absolute atomic E-state index is 0.207. The van der Waals surface area contributed by atoms with Gasteiger partial charge in [0.1, 0.15) is 5.76 Å². The molecule has 1 aliphatic rings. The second kappa shape index (κ2) is 7.52. The summed E-state index contributed by atoms with van der Waals surface area (Å²) in [5.41, 5.74) is 2.77. The van der Waals surface area contributed by atoms with Crippen molar-refractivity contribution in [3.8, 4) is 0 Å². The minimum Gasteiger partial charge on any atom is -0.467 e. The van der Waals surface area contributed by atoms with E-state index in [1.807, 2.05) is 6.07 Å². The van der Waals surface area contributed by atoms with Gasteiger partial charge in [-0.1, -0.05) is 18.2 Å². The van der Waals surface area contributed by atoms with Gasteiger partial charge < -0.3 is 9.73 Å². The third-order valence-corrected chi connectivity index (χ3v) is 6.16. The summed E-state index contributed by atoms with van der Waals surface area (Å²) >= 11 is 0. The Morgan fingerprint density at radius 2 is 1.82 bits per heavy atom. The van der Waals surface area contributed by atoms with E-state index in [0.29, 0.717) is 5.76 Å². The number of fused-ring (bicyclic) bond motifs is 1. The van der Waals surface area contributed by atoms with Crippen LogP contribution in [0.3, 0.4) is 0 Å². The normalized spacial score (nSPS) is 13.1. The number of sulfonamides is 1. The highest BCUT2D eigenvalue weighted by Crippen LogP contribution is 2.26. The van der Waals surface area contributed by atoms with Crippen molar-refractivity contribution in [1.29, 1.82) is 0 Å². The fraction of sp³-hybridized carbons (Fsp3) is 0.190. The molecule has 0 bridgehead atoms. The number of para-hydroxylation sites is 1. The number of carbonyl (C=O) groups is 1. The lowest BCUT2D eigenvalue weighted by Gasteiger charge is -2.13. The Balaban J connectivity index is 1.55. The molecule has 1 amide bonds. The lowest BCUT2D eigenvalue weighted by molar-refractivity contribution is 0.0949. The molecule has 0 aliphatic heterocycles. The molecule has 6 nitrogen and oxygen atoms in total. The molecule has 0 spiro atoms. The first-order chi connectivity index (χ1) is 13.5. The largest absolute Gasteiger partial charge is 0.467 e. The molecule has 4 rings (SSSR count). The fourth-order valence-corrected chi connectivity index (χ4v) is 4.49. The number of furan rings is 1. The van der Waals surface area contributed by atoms with Gasteiger partial charge in [0.15, 0.2) is 0 Å². The van der Waals surface area contributed by atoms with E-state index in [1.165, 1.54) is 11.8 Å². The summed E-state index contributed by atoms with van der Waals surface area (Å²) in [7, 11) is -3.80. The molecule has 0 saturated carbocycles. The average molecular weight is 396 g/mol. The quantitative estimate of drug-likeness (QED) is 0.667. The molecule has 28 heavy (non-hydrogen) atoms. The standard InChI is InChI=1S/C21H20N2O4S/c24-21(22-14-17-7-4-12-27-17)19-8-1-2-9-20(19)23-28(25,26)18-11-10-15-5-3-6-16(15)13-18/h1-2,4,7-13,23H,3,5-6,14H2,(H,22,24). The van der Waals surface area contributed by atoms with Gasteiger partial charge in [-0.25, -0.2) is 8.42 Å². The maximum atomic E-state index is 12.9. The van der Waals surface area contributed by atoms with Gasteiger partial charge in [0.2, 0.25) is 0 Å². The molecule has 3 aromatic rings. The van der Waals surface area contributed by atoms with E-state index in [9.17, 15) is 13.2 Å². The van der Waals surface area contributed by atoms with E-state index < -0.39 is 10.0 Å². The summed E-state index contributed by atoms with van der Waals surface area (Å²) in [5.74, 6) is 0.230. The van der Waals surface area contributed by atoms with Crippen molar-refractivity contribution in [1.82, 2.24) is 5.32 Å². The number of nitrogens with one attached hydrogen (secondary N) is 2. The van der Waals surface area contributed by atoms with E-state index in [0.717, 1.165) is 24.8 Å². The Morgan fingerprint density at radius 3 is 2.64 bits per heavy atom. The highest BCUT2D eigenvalue weighted by Gasteiger charge is 2.21. The summed E-state index contributed by atoms with van der Waals surface area (Å²) in [5, 5.41) is 2.73. The number of amides is 1. The van der Waals surface area contributed by atoms with Gasteiger partial charge >= 0.3 is 0 Å². The molecule has 1 heterocycles. The van der Waals surface area contributed by atoms with Crippen LogP contribution in [0.1, 0.15) is 33.7 Å². The monoisotopic (exact) mass is 396 g/mol. The van der Waals surface area contributed by atoms with Crippen LogP contribution in [0.15, 0.2) is 70.2 Å². The SMILES string of the molecule is O=C(NCc1ccco1)c1ccccc1NS(=O)(=O)c1ccc2c(c1)CCC2. The predicted molar refractivity (Wildman–Crippen MR) is 106 cm³/mol. The summed E-state index contributed by atoms with van der Waals surface area (Å²) in [6, 6.07) is 15.2. The zero-order valence-electron chi connectivity index (χ0n) is 15.1. The Labute approximate surface area is 163 Å². The first-order valence-electron chi connectivity index (χ1n) is 9.07. The topological polar surface area (TPSA) is 88.4 Å². The van der Waals surface area contributed by atoms with Gasteiger partial charge in [0, 0.05) is 0 Å². The molecule has 1 aliphatic carbocycles. The average Bonchev–Trinajstić information content (AvgIpc) is 3.37. The van der Waals surface area contributed by atoms with E-state index in [1.54, 1.807) is 48.5 Å². The van der Waals surface area contributed by atoms with Crippen molar-refractivity contribution in [2.45, 2.75) is 30.7 Å². The van der Waals surface area contributed by atoms with Crippen LogP contribution in [-0.2, 0) is 29.4 Å². The molecule has 2 aromatic carbocycles. The highest BCUT2D eigenvalue weighted by molar-refractivity contribution is 7.92. The molecule has 7 heteroatoms. The fourth-order valence-electron chi connectivity index (χ4n) is 3.36. The molecule has 0 atom stereocenters. The Kier molecular flexibility index (Phi) is 4.92. The Hall–Kier alpha value is -3.06. The minimum atomic E-state index is -3.80. The Morgan fingerprint density at radius 1 is 1.00 bits per heavy atom. The summed E-state index contributed by atoms with van der Waals surface area (Å²) in [6.45, 7) is 0.220. The first-order valence-corrected chi connectivity index (χ1v) is 10.6. The lowest BCUT2D eigenvalue weighted by atomic mass is 10.1. The van der Waals surface area contributed by atoms with Gasteiger partial charge in [0.05, 0.1) is 29.0 Å². The van der Waals surface area contributed by atoms with Gasteiger partial charge in [-0.2, -0.15) is 0 Å². The van der Waals surface area contributed by atoms with Gasteiger partial charge in [-0.3, -0.25) is 9.52 Å². The molecule has 0 radical (unpaired) electrons. The van der Waals surface area contributed by atoms with Crippen LogP contribution < -0.4 is 10.0 Å². The van der Waals surface area contributed by atoms with Crippen molar-refractivity contribution in [2.24, 2.45) is 0 Å². The zero-order valence-corrected chi connectivity index (χ0v) is 16.0. The molecule has 0 unspecified atom stereocenters. The number of hydrogen-bond donors (Lipinski definition) is 2. The van der Waals surface area contributed by atoms with Crippen LogP contribution in [0.5, 0.6) is 0 Å². The molecular formula is C21H20N2O4S. The van der Waals surface area contributed by atoms with E-state index >= 15 is 0 Å². The number of rotatable bonds is 6. The molecule has 0 fully saturated rings. The third-order valence-electron chi connectivity index (χ3n) is 4.80. The molecular weight excluding hydrogens is 376 g/mol. The second-order valence-corrected chi connectivity index (χ2v) is 8.38. The van der Waals surface area contributed by atoms with Crippen LogP contribution in [0.4, 0.5) is 5.69 Å². The molecule has 2 N–H and O–H groups in total. The zero-order chi connectivity index (χ0) is 19.6. The summed E-state index contributed by atoms with van der Waals surface area (Å²) in [4.78, 5) is 12.8. The van der Waals surface area contributed by atoms with E-state index in [2.05, 4.69) is 10.0 Å². The van der Waals surface area contributed by atoms with Crippen molar-refractivity contribution >= 4 is 21.6 Å². The van der Waals surface area contributed by atoms with Crippen molar-refractivity contribution < 1.29 is 17.6 Å². The van der Waals surface area contributed by atoms with Crippen molar-refractivity contribution in [2.75, 3.05) is 4.72 Å². The van der Waals surface area contributed by atoms with Gasteiger partial charge in [0.25, 0.3) is 15.9 Å². The predicted octanol–water partition coefficient (Wildman–Crippen LogP) is 3.50. The maximum Gasteiger partial charge on any atom is 0.261 e. The summed E-state index contributed by atoms with van der Waals surface area (Å²) < 4.78 is 33.5. The Bertz CT molecular complexity index is 1110. The van der Waals surface area contributed by atoms with Crippen LogP contribution >= 0.6 is 0 Å². The van der Waals surface area contributed by atoms with Crippen molar-refractivity contribution in [3.05, 3.63) is 83.3 Å². The first kappa shape index (κ1) is 18.3. The number of carbonyl (C=O) groups excluding carboxylic acids is 1.